The lowest BCUT2D eigenvalue weighted by Crippen LogP contribution is -2.19. The molecular weight excluding hydrogens is 274 g/mol. The number of hydrogen-bond acceptors (Lipinski definition) is 2. The minimum atomic E-state index is -0.145. The first-order valence-electron chi connectivity index (χ1n) is 7.29. The number of nitrogens with zero attached hydrogens (tertiary/aromatic N) is 2. The molecule has 1 N–H and O–H groups in total. The van der Waals surface area contributed by atoms with Gasteiger partial charge in [-0.15, -0.1) is 0 Å². The Morgan fingerprint density at radius 2 is 1.86 bits per heavy atom. The number of nitrogens with one attached hydrogen (secondary N) is 1. The van der Waals surface area contributed by atoms with E-state index in [-0.39, 0.29) is 11.3 Å². The highest BCUT2D eigenvalue weighted by molar-refractivity contribution is 6.08. The maximum atomic E-state index is 12.6. The Kier molecular flexibility index (Phi) is 3.45. The molecule has 22 heavy (non-hydrogen) atoms. The molecule has 3 rings (SSSR count). The summed E-state index contributed by atoms with van der Waals surface area (Å²) < 4.78 is 1.84. The molecule has 4 heteroatoms. The zero-order valence-electron chi connectivity index (χ0n) is 13.0. The smallest absolute Gasteiger partial charge is 0.259 e. The highest BCUT2D eigenvalue weighted by Gasteiger charge is 2.19. The van der Waals surface area contributed by atoms with Gasteiger partial charge in [0.2, 0.25) is 0 Å². The van der Waals surface area contributed by atoms with E-state index < -0.39 is 0 Å². The minimum Gasteiger partial charge on any atom is -0.322 e. The van der Waals surface area contributed by atoms with Gasteiger partial charge in [0.25, 0.3) is 5.91 Å². The molecule has 2 aromatic heterocycles. The topological polar surface area (TPSA) is 46.4 Å². The fraction of sp³-hybridized carbons (Fsp3) is 0.222. The van der Waals surface area contributed by atoms with Crippen molar-refractivity contribution in [2.75, 3.05) is 5.32 Å². The predicted molar refractivity (Wildman–Crippen MR) is 88.3 cm³/mol. The Morgan fingerprint density at radius 3 is 2.64 bits per heavy atom. The van der Waals surface area contributed by atoms with Gasteiger partial charge in [-0.05, 0) is 29.2 Å². The number of benzene rings is 1. The van der Waals surface area contributed by atoms with Gasteiger partial charge < -0.3 is 9.72 Å². The number of anilines is 1. The van der Waals surface area contributed by atoms with Crippen molar-refractivity contribution in [1.82, 2.24) is 9.38 Å². The largest absolute Gasteiger partial charge is 0.322 e. The van der Waals surface area contributed by atoms with E-state index in [2.05, 4.69) is 31.1 Å². The molecule has 0 spiro atoms. The van der Waals surface area contributed by atoms with E-state index in [0.29, 0.717) is 11.2 Å². The van der Waals surface area contributed by atoms with Crippen molar-refractivity contribution in [3.05, 3.63) is 66.1 Å². The molecule has 0 radical (unpaired) electrons. The van der Waals surface area contributed by atoms with E-state index in [1.54, 1.807) is 12.3 Å². The van der Waals surface area contributed by atoms with Crippen LogP contribution in [0.2, 0.25) is 0 Å². The van der Waals surface area contributed by atoms with E-state index in [4.69, 9.17) is 0 Å². The van der Waals surface area contributed by atoms with Crippen LogP contribution in [0.4, 0.5) is 5.69 Å². The van der Waals surface area contributed by atoms with Crippen molar-refractivity contribution in [3.63, 3.8) is 0 Å². The molecule has 3 aromatic rings. The molecule has 1 aromatic carbocycles. The van der Waals surface area contributed by atoms with E-state index >= 15 is 0 Å². The molecule has 2 heterocycles. The fourth-order valence-electron chi connectivity index (χ4n) is 2.56. The molecule has 0 aliphatic rings. The first kappa shape index (κ1) is 14.3. The normalized spacial score (nSPS) is 11.6. The molecule has 112 valence electrons. The Labute approximate surface area is 129 Å². The molecule has 0 unspecified atom stereocenters. The molecule has 0 saturated carbocycles. The lowest BCUT2D eigenvalue weighted by Gasteiger charge is -2.23. The molecule has 0 aliphatic carbocycles. The number of carbonyl (C=O) groups is 1. The summed E-state index contributed by atoms with van der Waals surface area (Å²) in [6, 6.07) is 11.5. The fourth-order valence-corrected chi connectivity index (χ4v) is 2.56. The number of para-hydroxylation sites is 1. The van der Waals surface area contributed by atoms with E-state index in [1.165, 1.54) is 0 Å². The Morgan fingerprint density at radius 1 is 1.09 bits per heavy atom. The van der Waals surface area contributed by atoms with Crippen molar-refractivity contribution in [2.45, 2.75) is 26.2 Å². The van der Waals surface area contributed by atoms with Crippen LogP contribution in [0.1, 0.15) is 36.7 Å². The van der Waals surface area contributed by atoms with E-state index in [1.807, 2.05) is 47.1 Å². The predicted octanol–water partition coefficient (Wildman–Crippen LogP) is 3.88. The third-order valence-electron chi connectivity index (χ3n) is 3.65. The second-order valence-electron chi connectivity index (χ2n) is 6.33. The second-order valence-corrected chi connectivity index (χ2v) is 6.33. The number of fused-ring (bicyclic) bond motifs is 1. The Bertz CT molecular complexity index is 827. The lowest BCUT2D eigenvalue weighted by atomic mass is 9.86. The van der Waals surface area contributed by atoms with E-state index in [9.17, 15) is 4.79 Å². The van der Waals surface area contributed by atoms with Gasteiger partial charge in [-0.3, -0.25) is 4.79 Å². The number of hydrogen-bond donors (Lipinski definition) is 1. The molecule has 4 nitrogen and oxygen atoms in total. The SMILES string of the molecule is CC(C)(C)c1ccccc1NC(=O)c1cccn2ccnc12. The van der Waals surface area contributed by atoms with Gasteiger partial charge in [0.05, 0.1) is 5.56 Å². The molecular formula is C18H19N3O. The third-order valence-corrected chi connectivity index (χ3v) is 3.65. The molecule has 0 bridgehead atoms. The summed E-state index contributed by atoms with van der Waals surface area (Å²) in [5.41, 5.74) is 3.14. The van der Waals surface area contributed by atoms with Crippen molar-refractivity contribution < 1.29 is 4.79 Å². The number of imidazole rings is 1. The van der Waals surface area contributed by atoms with Crippen LogP contribution in [0, 0.1) is 0 Å². The lowest BCUT2D eigenvalue weighted by molar-refractivity contribution is 0.102. The number of aromatic nitrogens is 2. The number of carbonyl (C=O) groups excluding carboxylic acids is 1. The Balaban J connectivity index is 1.97. The summed E-state index contributed by atoms with van der Waals surface area (Å²) >= 11 is 0. The average molecular weight is 293 g/mol. The number of rotatable bonds is 2. The maximum Gasteiger partial charge on any atom is 0.259 e. The van der Waals surface area contributed by atoms with Crippen LogP contribution in [0.3, 0.4) is 0 Å². The van der Waals surface area contributed by atoms with Crippen LogP contribution in [0.5, 0.6) is 0 Å². The van der Waals surface area contributed by atoms with Gasteiger partial charge in [-0.2, -0.15) is 0 Å². The second kappa shape index (κ2) is 5.30. The van der Waals surface area contributed by atoms with Gasteiger partial charge in [0.15, 0.2) is 0 Å². The number of pyridine rings is 1. The van der Waals surface area contributed by atoms with Crippen molar-refractivity contribution in [3.8, 4) is 0 Å². The molecule has 0 fully saturated rings. The van der Waals surface area contributed by atoms with Gasteiger partial charge >= 0.3 is 0 Å². The summed E-state index contributed by atoms with van der Waals surface area (Å²) in [5.74, 6) is -0.145. The Hall–Kier alpha value is -2.62. The molecule has 1 amide bonds. The third kappa shape index (κ3) is 2.60. The summed E-state index contributed by atoms with van der Waals surface area (Å²) in [7, 11) is 0. The standard InChI is InChI=1S/C18H19N3O/c1-18(2,3)14-8-4-5-9-15(14)20-17(22)13-7-6-11-21-12-10-19-16(13)21/h4-12H,1-3H3,(H,20,22). The van der Waals surface area contributed by atoms with Gasteiger partial charge in [0.1, 0.15) is 5.65 Å². The summed E-state index contributed by atoms with van der Waals surface area (Å²) in [6.45, 7) is 6.40. The number of amides is 1. The average Bonchev–Trinajstić information content (AvgIpc) is 2.94. The van der Waals surface area contributed by atoms with Crippen molar-refractivity contribution in [1.29, 1.82) is 0 Å². The summed E-state index contributed by atoms with van der Waals surface area (Å²) in [6.07, 6.45) is 5.40. The van der Waals surface area contributed by atoms with Crippen molar-refractivity contribution in [2.24, 2.45) is 0 Å². The molecule has 0 atom stereocenters. The first-order valence-corrected chi connectivity index (χ1v) is 7.29. The molecule has 0 saturated heterocycles. The van der Waals surface area contributed by atoms with Crippen LogP contribution in [-0.4, -0.2) is 15.3 Å². The zero-order valence-corrected chi connectivity index (χ0v) is 13.0. The van der Waals surface area contributed by atoms with Crippen LogP contribution in [0.25, 0.3) is 5.65 Å². The highest BCUT2D eigenvalue weighted by atomic mass is 16.1. The van der Waals surface area contributed by atoms with Gasteiger partial charge in [0, 0.05) is 24.3 Å². The van der Waals surface area contributed by atoms with Crippen LogP contribution < -0.4 is 5.32 Å². The quantitative estimate of drug-likeness (QED) is 0.779. The zero-order chi connectivity index (χ0) is 15.7. The molecule has 0 aliphatic heterocycles. The summed E-state index contributed by atoms with van der Waals surface area (Å²) in [5, 5.41) is 3.02. The van der Waals surface area contributed by atoms with Crippen LogP contribution in [0.15, 0.2) is 55.0 Å². The van der Waals surface area contributed by atoms with Crippen LogP contribution in [-0.2, 0) is 5.41 Å². The van der Waals surface area contributed by atoms with E-state index in [0.717, 1.165) is 11.3 Å². The van der Waals surface area contributed by atoms with Gasteiger partial charge in [-0.25, -0.2) is 4.98 Å². The first-order chi connectivity index (χ1) is 10.5. The van der Waals surface area contributed by atoms with Crippen LogP contribution >= 0.6 is 0 Å². The van der Waals surface area contributed by atoms with Crippen molar-refractivity contribution >= 4 is 17.2 Å². The monoisotopic (exact) mass is 293 g/mol. The minimum absolute atomic E-state index is 0.0385. The maximum absolute atomic E-state index is 12.6. The van der Waals surface area contributed by atoms with Gasteiger partial charge in [-0.1, -0.05) is 39.0 Å². The highest BCUT2D eigenvalue weighted by Crippen LogP contribution is 2.29. The summed E-state index contributed by atoms with van der Waals surface area (Å²) in [4.78, 5) is 16.9.